The SMILES string of the molecule is CC1=C(C#N)C(=O)N(Cc2ccc(F)cc2)C(=O)/C1=C/c1cn(-c2ccccc2)nc1-c1ccc(OC(C)C)c(C)c1. The maximum atomic E-state index is 13.8. The van der Waals surface area contributed by atoms with Crippen molar-refractivity contribution in [2.45, 2.75) is 40.3 Å². The third-order valence-electron chi connectivity index (χ3n) is 6.95. The average molecular weight is 561 g/mol. The highest BCUT2D eigenvalue weighted by Crippen LogP contribution is 2.33. The van der Waals surface area contributed by atoms with Gasteiger partial charge in [-0.2, -0.15) is 10.4 Å². The van der Waals surface area contributed by atoms with E-state index in [1.54, 1.807) is 17.7 Å². The molecule has 5 rings (SSSR count). The zero-order valence-electron chi connectivity index (χ0n) is 23.8. The zero-order chi connectivity index (χ0) is 30.0. The van der Waals surface area contributed by atoms with Crippen LogP contribution in [0, 0.1) is 24.1 Å². The number of ether oxygens (including phenoxy) is 1. The summed E-state index contributed by atoms with van der Waals surface area (Å²) in [5, 5.41) is 14.7. The summed E-state index contributed by atoms with van der Waals surface area (Å²) in [6.07, 6.45) is 3.52. The van der Waals surface area contributed by atoms with Gasteiger partial charge in [-0.25, -0.2) is 9.07 Å². The number of aryl methyl sites for hydroxylation is 1. The van der Waals surface area contributed by atoms with Crippen LogP contribution in [-0.4, -0.2) is 32.6 Å². The molecule has 8 heteroatoms. The predicted molar refractivity (Wildman–Crippen MR) is 158 cm³/mol. The average Bonchev–Trinajstić information content (AvgIpc) is 3.40. The molecular weight excluding hydrogens is 531 g/mol. The van der Waals surface area contributed by atoms with Gasteiger partial charge in [-0.1, -0.05) is 30.3 Å². The molecule has 42 heavy (non-hydrogen) atoms. The molecule has 0 unspecified atom stereocenters. The first-order valence-corrected chi connectivity index (χ1v) is 13.5. The Kier molecular flexibility index (Phi) is 7.85. The van der Waals surface area contributed by atoms with Crippen molar-refractivity contribution in [2.75, 3.05) is 0 Å². The van der Waals surface area contributed by atoms with Gasteiger partial charge in [-0.3, -0.25) is 14.5 Å². The smallest absolute Gasteiger partial charge is 0.271 e. The number of rotatable bonds is 7. The number of carbonyl (C=O) groups excluding carboxylic acids is 2. The fourth-order valence-corrected chi connectivity index (χ4v) is 4.81. The Morgan fingerprint density at radius 3 is 2.36 bits per heavy atom. The van der Waals surface area contributed by atoms with Crippen molar-refractivity contribution in [1.82, 2.24) is 14.7 Å². The van der Waals surface area contributed by atoms with Crippen LogP contribution in [0.4, 0.5) is 4.39 Å². The predicted octanol–water partition coefficient (Wildman–Crippen LogP) is 6.57. The molecule has 2 heterocycles. The van der Waals surface area contributed by atoms with Crippen molar-refractivity contribution in [2.24, 2.45) is 0 Å². The van der Waals surface area contributed by atoms with E-state index in [-0.39, 0.29) is 29.4 Å². The van der Waals surface area contributed by atoms with Crippen LogP contribution in [0.15, 0.2) is 95.7 Å². The Labute approximate surface area is 243 Å². The number of nitriles is 1. The molecule has 0 atom stereocenters. The van der Waals surface area contributed by atoms with Gasteiger partial charge < -0.3 is 4.74 Å². The monoisotopic (exact) mass is 560 g/mol. The van der Waals surface area contributed by atoms with E-state index in [2.05, 4.69) is 0 Å². The van der Waals surface area contributed by atoms with E-state index in [0.29, 0.717) is 16.8 Å². The molecule has 0 bridgehead atoms. The molecule has 0 fully saturated rings. The summed E-state index contributed by atoms with van der Waals surface area (Å²) in [4.78, 5) is 28.0. The van der Waals surface area contributed by atoms with E-state index in [4.69, 9.17) is 9.84 Å². The number of benzene rings is 3. The zero-order valence-corrected chi connectivity index (χ0v) is 23.8. The first-order valence-electron chi connectivity index (χ1n) is 13.5. The fraction of sp³-hybridized carbons (Fsp3) is 0.176. The highest BCUT2D eigenvalue weighted by molar-refractivity contribution is 6.19. The minimum Gasteiger partial charge on any atom is -0.491 e. The molecule has 4 aromatic rings. The number of para-hydroxylation sites is 1. The van der Waals surface area contributed by atoms with Crippen LogP contribution in [0.3, 0.4) is 0 Å². The molecule has 0 spiro atoms. The van der Waals surface area contributed by atoms with Crippen molar-refractivity contribution in [3.05, 3.63) is 118 Å². The molecule has 1 aromatic heterocycles. The molecule has 210 valence electrons. The number of halogens is 1. The van der Waals surface area contributed by atoms with E-state index in [1.807, 2.05) is 81.6 Å². The van der Waals surface area contributed by atoms with Crippen LogP contribution in [0.2, 0.25) is 0 Å². The normalized spacial score (nSPS) is 14.6. The molecule has 0 saturated carbocycles. The maximum Gasteiger partial charge on any atom is 0.271 e. The standard InChI is InChI=1S/C34H29FN4O3/c1-21(2)42-31-15-12-25(16-22(31)3)32-26(20-39(37-32)28-8-6-5-7-9-28)17-29-23(4)30(18-36)34(41)38(33(29)40)19-24-10-13-27(35)14-11-24/h5-17,20-21H,19H2,1-4H3/b29-17+. The molecule has 0 radical (unpaired) electrons. The Hall–Kier alpha value is -5.29. The number of aromatic nitrogens is 2. The van der Waals surface area contributed by atoms with Crippen molar-refractivity contribution in [3.8, 4) is 28.8 Å². The third-order valence-corrected chi connectivity index (χ3v) is 6.95. The lowest BCUT2D eigenvalue weighted by atomic mass is 9.93. The van der Waals surface area contributed by atoms with Gasteiger partial charge >= 0.3 is 0 Å². The molecule has 3 aromatic carbocycles. The summed E-state index contributed by atoms with van der Waals surface area (Å²) < 4.78 is 21.1. The van der Waals surface area contributed by atoms with Gasteiger partial charge in [-0.15, -0.1) is 0 Å². The number of hydrogen-bond donors (Lipinski definition) is 0. The van der Waals surface area contributed by atoms with Gasteiger partial charge in [0.2, 0.25) is 0 Å². The topological polar surface area (TPSA) is 88.2 Å². The van der Waals surface area contributed by atoms with Crippen LogP contribution >= 0.6 is 0 Å². The lowest BCUT2D eigenvalue weighted by Gasteiger charge is -2.27. The van der Waals surface area contributed by atoms with E-state index in [9.17, 15) is 19.2 Å². The minimum atomic E-state index is -0.682. The number of nitrogens with zero attached hydrogens (tertiary/aromatic N) is 4. The molecule has 7 nitrogen and oxygen atoms in total. The Morgan fingerprint density at radius 1 is 1.00 bits per heavy atom. The lowest BCUT2D eigenvalue weighted by molar-refractivity contribution is -0.141. The Balaban J connectivity index is 1.64. The van der Waals surface area contributed by atoms with Crippen LogP contribution in [0.5, 0.6) is 5.75 Å². The number of hydrogen-bond acceptors (Lipinski definition) is 5. The second-order valence-electron chi connectivity index (χ2n) is 10.4. The van der Waals surface area contributed by atoms with Crippen molar-refractivity contribution in [1.29, 1.82) is 5.26 Å². The molecule has 2 amide bonds. The summed E-state index contributed by atoms with van der Waals surface area (Å²) >= 11 is 0. The fourth-order valence-electron chi connectivity index (χ4n) is 4.81. The third kappa shape index (κ3) is 5.63. The number of carbonyl (C=O) groups is 2. The molecule has 0 aliphatic carbocycles. The van der Waals surface area contributed by atoms with Gasteiger partial charge in [0.1, 0.15) is 23.2 Å². The minimum absolute atomic E-state index is 0.0223. The van der Waals surface area contributed by atoms with Crippen molar-refractivity contribution < 1.29 is 18.7 Å². The number of amides is 2. The highest BCUT2D eigenvalue weighted by Gasteiger charge is 2.35. The van der Waals surface area contributed by atoms with E-state index in [1.165, 1.54) is 24.3 Å². The number of imide groups is 1. The van der Waals surface area contributed by atoms with E-state index >= 15 is 0 Å². The molecule has 1 aliphatic heterocycles. The molecular formula is C34H29FN4O3. The van der Waals surface area contributed by atoms with Crippen LogP contribution < -0.4 is 4.74 Å². The van der Waals surface area contributed by atoms with Gasteiger partial charge in [0.15, 0.2) is 0 Å². The molecule has 1 aliphatic rings. The quantitative estimate of drug-likeness (QED) is 0.189. The Bertz CT molecular complexity index is 1780. The molecule has 0 N–H and O–H groups in total. The first-order chi connectivity index (χ1) is 20.2. The van der Waals surface area contributed by atoms with E-state index < -0.39 is 17.6 Å². The van der Waals surface area contributed by atoms with Gasteiger partial charge in [0.25, 0.3) is 11.8 Å². The van der Waals surface area contributed by atoms with Crippen molar-refractivity contribution >= 4 is 17.9 Å². The summed E-state index contributed by atoms with van der Waals surface area (Å²) in [7, 11) is 0. The summed E-state index contributed by atoms with van der Waals surface area (Å²) in [5.74, 6) is -0.883. The van der Waals surface area contributed by atoms with Crippen LogP contribution in [0.25, 0.3) is 23.0 Å². The Morgan fingerprint density at radius 2 is 1.71 bits per heavy atom. The summed E-state index contributed by atoms with van der Waals surface area (Å²) in [6, 6.07) is 22.9. The highest BCUT2D eigenvalue weighted by atomic mass is 19.1. The second kappa shape index (κ2) is 11.7. The summed E-state index contributed by atoms with van der Waals surface area (Å²) in [6.45, 7) is 7.40. The van der Waals surface area contributed by atoms with Gasteiger partial charge in [0.05, 0.1) is 24.0 Å². The summed E-state index contributed by atoms with van der Waals surface area (Å²) in [5.41, 5.74) is 4.76. The van der Waals surface area contributed by atoms with Crippen molar-refractivity contribution in [3.63, 3.8) is 0 Å². The van der Waals surface area contributed by atoms with E-state index in [0.717, 1.165) is 27.5 Å². The second-order valence-corrected chi connectivity index (χ2v) is 10.4. The van der Waals surface area contributed by atoms with Gasteiger partial charge in [0, 0.05) is 22.9 Å². The first kappa shape index (κ1) is 28.2. The lowest BCUT2D eigenvalue weighted by Crippen LogP contribution is -2.42. The van der Waals surface area contributed by atoms with Crippen LogP contribution in [0.1, 0.15) is 37.5 Å². The van der Waals surface area contributed by atoms with Gasteiger partial charge in [-0.05, 0) is 92.9 Å². The van der Waals surface area contributed by atoms with Crippen LogP contribution in [-0.2, 0) is 16.1 Å². The largest absolute Gasteiger partial charge is 0.491 e. The molecule has 0 saturated heterocycles. The maximum absolute atomic E-state index is 13.8.